The molecule has 0 bridgehead atoms. The van der Waals surface area contributed by atoms with Crippen molar-refractivity contribution >= 4 is 94.6 Å². The number of aliphatic hydroxyl groups excluding tert-OH is 4. The Hall–Kier alpha value is -9.70. The van der Waals surface area contributed by atoms with E-state index in [2.05, 4.69) is 63.8 Å². The van der Waals surface area contributed by atoms with Crippen molar-refractivity contribution < 1.29 is 107 Å². The summed E-state index contributed by atoms with van der Waals surface area (Å²) >= 11 is 0. The number of aromatic hydroxyl groups is 1. The third-order valence-electron chi connectivity index (χ3n) is 14.9. The SMILES string of the molecule is CC[C@H](C)[C@H](NC(=O)[C@H](CCCCN)NC(=O)[C@H](CC(N)=O)NC(=O)[C@H](C)NC(C)=O)C(=O)N[C@@H](CO)C(=O)N[C@@H](Cc1ccc(O)cc1)C(=O)N[C@@H](CCC(N)=O)C(=O)N[C@@H](CO)C(=O)N[C@@H](CO)C(=O)N[C@@H](CCCCN)C(=O)N[C@H](C(=O)N[C@@H](CCC(=O)O)C(N)=O)[C@@H](C)O. The van der Waals surface area contributed by atoms with E-state index >= 15 is 0 Å². The highest BCUT2D eigenvalue weighted by Crippen LogP contribution is 2.15. The fourth-order valence-electron chi connectivity index (χ4n) is 9.14. The van der Waals surface area contributed by atoms with Crippen LogP contribution in [0.1, 0.15) is 117 Å². The number of unbranched alkanes of at least 4 members (excludes halogenated alkanes) is 2. The predicted octanol–water partition coefficient (Wildman–Crippen LogP) is -10.1. The van der Waals surface area contributed by atoms with E-state index in [0.717, 1.165) is 13.8 Å². The van der Waals surface area contributed by atoms with Gasteiger partial charge in [0, 0.05) is 26.2 Å². The Morgan fingerprint density at radius 1 is 0.429 bits per heavy atom. The van der Waals surface area contributed by atoms with Crippen LogP contribution in [0.2, 0.25) is 0 Å². The van der Waals surface area contributed by atoms with Gasteiger partial charge in [-0.05, 0) is 102 Å². The summed E-state index contributed by atoms with van der Waals surface area (Å²) < 4.78 is 0. The Labute approximate surface area is 563 Å². The minimum absolute atomic E-state index is 0.0984. The lowest BCUT2D eigenvalue weighted by Crippen LogP contribution is -2.62. The highest BCUT2D eigenvalue weighted by molar-refractivity contribution is 6.00. The van der Waals surface area contributed by atoms with Gasteiger partial charge in [0.2, 0.25) is 88.6 Å². The fourth-order valence-corrected chi connectivity index (χ4v) is 9.14. The van der Waals surface area contributed by atoms with E-state index in [0.29, 0.717) is 6.42 Å². The van der Waals surface area contributed by atoms with E-state index in [1.54, 1.807) is 6.92 Å². The molecule has 0 saturated heterocycles. The molecule has 14 atom stereocenters. The molecule has 98 heavy (non-hydrogen) atoms. The number of phenolic OH excluding ortho intramolecular Hbond substituents is 1. The van der Waals surface area contributed by atoms with E-state index in [-0.39, 0.29) is 62.9 Å². The first-order valence-corrected chi connectivity index (χ1v) is 31.5. The molecule has 0 heterocycles. The van der Waals surface area contributed by atoms with Gasteiger partial charge in [0.15, 0.2) is 0 Å². The summed E-state index contributed by atoms with van der Waals surface area (Å²) in [7, 11) is 0. The molecule has 550 valence electrons. The Bertz CT molecular complexity index is 2910. The van der Waals surface area contributed by atoms with Crippen LogP contribution in [0, 0.1) is 5.92 Å². The highest BCUT2D eigenvalue weighted by Gasteiger charge is 2.38. The van der Waals surface area contributed by atoms with Crippen molar-refractivity contribution in [2.24, 2.45) is 34.6 Å². The van der Waals surface area contributed by atoms with Crippen LogP contribution < -0.4 is 92.5 Å². The first-order valence-electron chi connectivity index (χ1n) is 31.5. The number of benzene rings is 1. The normalized spacial score (nSPS) is 15.3. The minimum Gasteiger partial charge on any atom is -0.508 e. The Balaban J connectivity index is 3.57. The Kier molecular flexibility index (Phi) is 39.6. The predicted molar refractivity (Wildman–Crippen MR) is 343 cm³/mol. The van der Waals surface area contributed by atoms with E-state index < -0.39 is 237 Å². The van der Waals surface area contributed by atoms with Crippen LogP contribution in [0.5, 0.6) is 5.75 Å². The second kappa shape index (κ2) is 44.9. The number of nitrogens with one attached hydrogen (secondary N) is 12. The zero-order chi connectivity index (χ0) is 74.5. The van der Waals surface area contributed by atoms with Gasteiger partial charge in [0.05, 0.1) is 32.3 Å². The van der Waals surface area contributed by atoms with Gasteiger partial charge in [0.25, 0.3) is 0 Å². The van der Waals surface area contributed by atoms with Gasteiger partial charge in [-0.15, -0.1) is 0 Å². The number of nitrogens with two attached hydrogens (primary N) is 5. The number of primary amides is 3. The van der Waals surface area contributed by atoms with Crippen LogP contribution in [0.3, 0.4) is 0 Å². The summed E-state index contributed by atoms with van der Waals surface area (Å²) in [6.45, 7) is 3.41. The molecule has 1 aromatic carbocycles. The van der Waals surface area contributed by atoms with Crippen molar-refractivity contribution in [2.75, 3.05) is 32.9 Å². The van der Waals surface area contributed by atoms with Gasteiger partial charge in [-0.25, -0.2) is 0 Å². The van der Waals surface area contributed by atoms with E-state index in [1.807, 2.05) is 0 Å². The summed E-state index contributed by atoms with van der Waals surface area (Å²) in [6, 6.07) is -15.2. The summed E-state index contributed by atoms with van der Waals surface area (Å²) in [6.07, 6.45) is -4.24. The number of hydrogen-bond acceptors (Lipinski definition) is 23. The second-order valence-electron chi connectivity index (χ2n) is 23.1. The van der Waals surface area contributed by atoms with Gasteiger partial charge in [-0.2, -0.15) is 0 Å². The third kappa shape index (κ3) is 31.9. The van der Waals surface area contributed by atoms with Gasteiger partial charge in [-0.1, -0.05) is 32.4 Å². The zero-order valence-corrected chi connectivity index (χ0v) is 55.2. The molecule has 0 radical (unpaired) electrons. The zero-order valence-electron chi connectivity index (χ0n) is 55.2. The molecule has 1 aromatic rings. The molecule has 0 saturated carbocycles. The van der Waals surface area contributed by atoms with Crippen LogP contribution in [0.15, 0.2) is 24.3 Å². The number of aliphatic hydroxyl groups is 4. The largest absolute Gasteiger partial charge is 0.508 e. The number of amides is 15. The molecule has 0 aromatic heterocycles. The number of hydrogen-bond donors (Lipinski definition) is 23. The number of carboxylic acids is 1. The maximum Gasteiger partial charge on any atom is 0.303 e. The quantitative estimate of drug-likeness (QED) is 0.0269. The van der Waals surface area contributed by atoms with Crippen molar-refractivity contribution in [2.45, 2.75) is 197 Å². The molecule has 0 aliphatic rings. The molecule has 0 fully saturated rings. The van der Waals surface area contributed by atoms with Crippen LogP contribution >= 0.6 is 0 Å². The van der Waals surface area contributed by atoms with Gasteiger partial charge in [0.1, 0.15) is 78.3 Å². The first-order chi connectivity index (χ1) is 46.1. The minimum atomic E-state index is -2.02. The maximum atomic E-state index is 14.4. The molecule has 0 spiro atoms. The standard InChI is InChI=1S/C59H97N17O22/c1-6-28(2)46(75-51(90)35(11-7-9-21-60)67-54(93)39(24-44(63)84)70-49(88)29(3)65-31(5)81)58(97)74-42(27-79)56(95)71-38(23-32-13-15-33(82)16-14-32)53(92)69-37(17-19-43(62)83)50(89)72-41(26-78)57(96)73-40(25-77)55(94)68-36(12-8-10-22-61)52(91)76-47(30(4)80)59(98)66-34(48(64)87)18-20-45(85)86/h13-16,28-30,34-42,46-47,77-80,82H,6-12,17-27,60-61H2,1-5H3,(H2,62,83)(H2,63,84)(H2,64,87)(H,65,81)(H,66,98)(H,67,93)(H,68,94)(H,69,92)(H,70,88)(H,71,95)(H,72,89)(H,73,96)(H,74,97)(H,75,90)(H,76,91)(H,85,86)/t28-,29-,30+,34-,35-,36-,37-,38-,39-,40-,41-,42-,46-,47-/m0/s1. The molecule has 39 heteroatoms. The lowest BCUT2D eigenvalue weighted by molar-refractivity contribution is -0.138. The Morgan fingerprint density at radius 3 is 1.20 bits per heavy atom. The average Bonchev–Trinajstić information content (AvgIpc) is 0.864. The molecule has 1 rings (SSSR count). The van der Waals surface area contributed by atoms with Gasteiger partial charge in [-0.3, -0.25) is 76.7 Å². The first kappa shape index (κ1) is 86.3. The molecule has 28 N–H and O–H groups in total. The van der Waals surface area contributed by atoms with Crippen LogP contribution in [-0.4, -0.2) is 237 Å². The smallest absolute Gasteiger partial charge is 0.303 e. The summed E-state index contributed by atoms with van der Waals surface area (Å²) in [5.41, 5.74) is 27.6. The van der Waals surface area contributed by atoms with Crippen molar-refractivity contribution in [1.82, 2.24) is 63.8 Å². The second-order valence-corrected chi connectivity index (χ2v) is 23.1. The monoisotopic (exact) mass is 1400 g/mol. The van der Waals surface area contributed by atoms with Crippen molar-refractivity contribution in [3.8, 4) is 5.75 Å². The number of rotatable bonds is 48. The summed E-state index contributed by atoms with van der Waals surface area (Å²) in [4.78, 5) is 210. The van der Waals surface area contributed by atoms with Crippen molar-refractivity contribution in [3.63, 3.8) is 0 Å². The third-order valence-corrected chi connectivity index (χ3v) is 14.9. The van der Waals surface area contributed by atoms with Crippen molar-refractivity contribution in [3.05, 3.63) is 29.8 Å². The number of carbonyl (C=O) groups excluding carboxylic acids is 15. The Morgan fingerprint density at radius 2 is 0.796 bits per heavy atom. The number of carbonyl (C=O) groups is 16. The molecule has 0 aliphatic carbocycles. The van der Waals surface area contributed by atoms with E-state index in [4.69, 9.17) is 33.8 Å². The highest BCUT2D eigenvalue weighted by atomic mass is 16.4. The molecule has 0 unspecified atom stereocenters. The van der Waals surface area contributed by atoms with Gasteiger partial charge >= 0.3 is 5.97 Å². The lowest BCUT2D eigenvalue weighted by atomic mass is 9.97. The van der Waals surface area contributed by atoms with Crippen molar-refractivity contribution in [1.29, 1.82) is 0 Å². The summed E-state index contributed by atoms with van der Waals surface area (Å²) in [5, 5.41) is 88.3. The van der Waals surface area contributed by atoms with Crippen LogP contribution in [0.4, 0.5) is 0 Å². The topological polar surface area (TPSA) is 669 Å². The molecule has 15 amide bonds. The number of aliphatic carboxylic acids is 1. The molecular weight excluding hydrogens is 1300 g/mol. The molecule has 39 nitrogen and oxygen atoms in total. The molecular formula is C59H97N17O22. The maximum absolute atomic E-state index is 14.4. The number of phenols is 1. The lowest BCUT2D eigenvalue weighted by Gasteiger charge is -2.29. The van der Waals surface area contributed by atoms with Gasteiger partial charge < -0.3 is 123 Å². The van der Waals surface area contributed by atoms with E-state index in [1.165, 1.54) is 38.1 Å². The average molecular weight is 1400 g/mol. The van der Waals surface area contributed by atoms with E-state index in [9.17, 15) is 102 Å². The van der Waals surface area contributed by atoms with Crippen LogP contribution in [0.25, 0.3) is 0 Å². The summed E-state index contributed by atoms with van der Waals surface area (Å²) in [5.74, 6) is -18.6. The van der Waals surface area contributed by atoms with Crippen LogP contribution in [-0.2, 0) is 83.1 Å². The molecule has 0 aliphatic heterocycles. The fraction of sp³-hybridized carbons (Fsp3) is 0.627. The number of carboxylic acid groups (broad SMARTS) is 1.